The van der Waals surface area contributed by atoms with Crippen LogP contribution in [0.4, 0.5) is 0 Å². The van der Waals surface area contributed by atoms with Gasteiger partial charge in [-0.15, -0.1) is 11.3 Å². The molecule has 12 heavy (non-hydrogen) atoms. The molecule has 66 valence electrons. The summed E-state index contributed by atoms with van der Waals surface area (Å²) in [4.78, 5) is 1.45. The standard InChI is InChI=1S/C9H11BrOS/c1-6-8(11-6)4-2-7-3-5-9(10)12-7/h3,5-6,8H,2,4H2,1H3. The summed E-state index contributed by atoms with van der Waals surface area (Å²) in [6.07, 6.45) is 3.37. The first kappa shape index (κ1) is 8.73. The maximum Gasteiger partial charge on any atom is 0.0842 e. The molecule has 1 saturated heterocycles. The highest BCUT2D eigenvalue weighted by Gasteiger charge is 2.33. The fourth-order valence-electron chi connectivity index (χ4n) is 1.30. The number of hydrogen-bond acceptors (Lipinski definition) is 2. The zero-order valence-corrected chi connectivity index (χ0v) is 9.32. The Labute approximate surface area is 84.9 Å². The van der Waals surface area contributed by atoms with E-state index in [1.165, 1.54) is 15.1 Å². The van der Waals surface area contributed by atoms with Crippen LogP contribution >= 0.6 is 27.3 Å². The van der Waals surface area contributed by atoms with Crippen molar-refractivity contribution in [3.05, 3.63) is 20.8 Å². The monoisotopic (exact) mass is 246 g/mol. The van der Waals surface area contributed by atoms with E-state index in [9.17, 15) is 0 Å². The normalized spacial score (nSPS) is 27.5. The molecule has 1 aliphatic rings. The van der Waals surface area contributed by atoms with Crippen molar-refractivity contribution >= 4 is 27.3 Å². The molecule has 1 nitrogen and oxygen atoms in total. The van der Waals surface area contributed by atoms with Crippen molar-refractivity contribution in [3.8, 4) is 0 Å². The molecular formula is C9H11BrOS. The van der Waals surface area contributed by atoms with Gasteiger partial charge in [0.25, 0.3) is 0 Å². The van der Waals surface area contributed by atoms with Crippen molar-refractivity contribution in [1.29, 1.82) is 0 Å². The van der Waals surface area contributed by atoms with Crippen LogP contribution in [-0.2, 0) is 11.2 Å². The van der Waals surface area contributed by atoms with Gasteiger partial charge in [-0.1, -0.05) is 0 Å². The lowest BCUT2D eigenvalue weighted by molar-refractivity contribution is 0.371. The second-order valence-electron chi connectivity index (χ2n) is 3.12. The summed E-state index contributed by atoms with van der Waals surface area (Å²) >= 11 is 5.27. The molecule has 0 spiro atoms. The third kappa shape index (κ3) is 2.09. The molecule has 0 radical (unpaired) electrons. The van der Waals surface area contributed by atoms with E-state index in [0.29, 0.717) is 12.2 Å². The Morgan fingerprint density at radius 2 is 2.33 bits per heavy atom. The predicted molar refractivity (Wildman–Crippen MR) is 54.7 cm³/mol. The number of epoxide rings is 1. The first-order chi connectivity index (χ1) is 5.75. The maximum absolute atomic E-state index is 5.34. The fourth-order valence-corrected chi connectivity index (χ4v) is 2.80. The topological polar surface area (TPSA) is 12.5 Å². The van der Waals surface area contributed by atoms with E-state index in [1.54, 1.807) is 0 Å². The van der Waals surface area contributed by atoms with Crippen LogP contribution < -0.4 is 0 Å². The molecule has 2 rings (SSSR count). The molecule has 1 aliphatic heterocycles. The molecule has 2 heterocycles. The Kier molecular flexibility index (Phi) is 2.53. The third-order valence-corrected chi connectivity index (χ3v) is 3.82. The largest absolute Gasteiger partial charge is 0.370 e. The maximum atomic E-state index is 5.34. The molecule has 0 aliphatic carbocycles. The second kappa shape index (κ2) is 3.48. The fraction of sp³-hybridized carbons (Fsp3) is 0.556. The predicted octanol–water partition coefficient (Wildman–Crippen LogP) is 3.23. The van der Waals surface area contributed by atoms with Crippen molar-refractivity contribution in [2.75, 3.05) is 0 Å². The van der Waals surface area contributed by atoms with E-state index in [2.05, 4.69) is 35.0 Å². The van der Waals surface area contributed by atoms with Crippen molar-refractivity contribution < 1.29 is 4.74 Å². The van der Waals surface area contributed by atoms with Crippen LogP contribution in [0.5, 0.6) is 0 Å². The van der Waals surface area contributed by atoms with Gasteiger partial charge in [0.05, 0.1) is 16.0 Å². The summed E-state index contributed by atoms with van der Waals surface area (Å²) in [5, 5.41) is 0. The van der Waals surface area contributed by atoms with Crippen LogP contribution in [0.25, 0.3) is 0 Å². The summed E-state index contributed by atoms with van der Waals surface area (Å²) in [5.74, 6) is 0. The molecule has 0 bridgehead atoms. The summed E-state index contributed by atoms with van der Waals surface area (Å²) in [6.45, 7) is 2.13. The van der Waals surface area contributed by atoms with Crippen molar-refractivity contribution in [3.63, 3.8) is 0 Å². The molecule has 3 heteroatoms. The molecule has 0 N–H and O–H groups in total. The Hall–Kier alpha value is 0.140. The minimum atomic E-state index is 0.508. The molecule has 2 atom stereocenters. The van der Waals surface area contributed by atoms with Gasteiger partial charge in [0, 0.05) is 4.88 Å². The van der Waals surface area contributed by atoms with Gasteiger partial charge in [-0.25, -0.2) is 0 Å². The Morgan fingerprint density at radius 3 is 2.83 bits per heavy atom. The zero-order valence-electron chi connectivity index (χ0n) is 6.92. The van der Waals surface area contributed by atoms with Crippen molar-refractivity contribution in [2.45, 2.75) is 32.0 Å². The number of thiophene rings is 1. The first-order valence-corrected chi connectivity index (χ1v) is 5.76. The van der Waals surface area contributed by atoms with E-state index in [4.69, 9.17) is 4.74 Å². The van der Waals surface area contributed by atoms with Gasteiger partial charge >= 0.3 is 0 Å². The van der Waals surface area contributed by atoms with Crippen molar-refractivity contribution in [2.24, 2.45) is 0 Å². The van der Waals surface area contributed by atoms with E-state index >= 15 is 0 Å². The number of aryl methyl sites for hydroxylation is 1. The van der Waals surface area contributed by atoms with Gasteiger partial charge in [0.2, 0.25) is 0 Å². The minimum absolute atomic E-state index is 0.508. The average Bonchev–Trinajstić information content (AvgIpc) is 2.56. The van der Waals surface area contributed by atoms with E-state index in [-0.39, 0.29) is 0 Å². The van der Waals surface area contributed by atoms with Gasteiger partial charge in [0.1, 0.15) is 0 Å². The molecule has 1 aromatic heterocycles. The van der Waals surface area contributed by atoms with Crippen LogP contribution in [0.2, 0.25) is 0 Å². The van der Waals surface area contributed by atoms with Crippen LogP contribution in [0, 0.1) is 0 Å². The quantitative estimate of drug-likeness (QED) is 0.747. The molecule has 0 amide bonds. The lowest BCUT2D eigenvalue weighted by Crippen LogP contribution is -1.91. The van der Waals surface area contributed by atoms with Gasteiger partial charge in [-0.2, -0.15) is 0 Å². The number of ether oxygens (including phenoxy) is 1. The van der Waals surface area contributed by atoms with Gasteiger partial charge in [-0.05, 0) is 47.8 Å². The number of rotatable bonds is 3. The van der Waals surface area contributed by atoms with Gasteiger partial charge in [-0.3, -0.25) is 0 Å². The second-order valence-corrected chi connectivity index (χ2v) is 5.67. The lowest BCUT2D eigenvalue weighted by atomic mass is 10.2. The van der Waals surface area contributed by atoms with Crippen molar-refractivity contribution in [1.82, 2.24) is 0 Å². The summed E-state index contributed by atoms with van der Waals surface area (Å²) in [5.41, 5.74) is 0. The summed E-state index contributed by atoms with van der Waals surface area (Å²) in [6, 6.07) is 4.29. The van der Waals surface area contributed by atoms with E-state index < -0.39 is 0 Å². The van der Waals surface area contributed by atoms with Crippen LogP contribution in [0.3, 0.4) is 0 Å². The molecular weight excluding hydrogens is 236 g/mol. The highest BCUT2D eigenvalue weighted by molar-refractivity contribution is 9.11. The van der Waals surface area contributed by atoms with E-state index in [1.807, 2.05) is 11.3 Å². The smallest absolute Gasteiger partial charge is 0.0842 e. The number of hydrogen-bond donors (Lipinski definition) is 0. The first-order valence-electron chi connectivity index (χ1n) is 4.15. The SMILES string of the molecule is CC1OC1CCc1ccc(Br)s1. The Balaban J connectivity index is 1.80. The highest BCUT2D eigenvalue weighted by Crippen LogP contribution is 2.28. The minimum Gasteiger partial charge on any atom is -0.370 e. The molecule has 1 fully saturated rings. The summed E-state index contributed by atoms with van der Waals surface area (Å²) in [7, 11) is 0. The van der Waals surface area contributed by atoms with Crippen LogP contribution in [0.15, 0.2) is 15.9 Å². The average molecular weight is 247 g/mol. The third-order valence-electron chi connectivity index (χ3n) is 2.14. The zero-order chi connectivity index (χ0) is 8.55. The highest BCUT2D eigenvalue weighted by atomic mass is 79.9. The summed E-state index contributed by atoms with van der Waals surface area (Å²) < 4.78 is 6.56. The molecule has 0 saturated carbocycles. The van der Waals surface area contributed by atoms with Crippen LogP contribution in [-0.4, -0.2) is 12.2 Å². The Bertz CT molecular complexity index is 271. The lowest BCUT2D eigenvalue weighted by Gasteiger charge is -1.91. The van der Waals surface area contributed by atoms with Gasteiger partial charge in [0.15, 0.2) is 0 Å². The number of halogens is 1. The molecule has 0 aromatic carbocycles. The molecule has 1 aromatic rings. The van der Waals surface area contributed by atoms with Crippen LogP contribution in [0.1, 0.15) is 18.2 Å². The Morgan fingerprint density at radius 1 is 1.58 bits per heavy atom. The van der Waals surface area contributed by atoms with Gasteiger partial charge < -0.3 is 4.74 Å². The molecule has 2 unspecified atom stereocenters. The van der Waals surface area contributed by atoms with E-state index in [0.717, 1.165) is 6.42 Å².